The van der Waals surface area contributed by atoms with E-state index >= 15 is 0 Å². The van der Waals surface area contributed by atoms with Crippen molar-refractivity contribution in [3.8, 4) is 5.75 Å². The Morgan fingerprint density at radius 2 is 2.10 bits per heavy atom. The summed E-state index contributed by atoms with van der Waals surface area (Å²) in [5, 5.41) is 14.4. The number of nitrogens with one attached hydrogen (secondary N) is 1. The quantitative estimate of drug-likeness (QED) is 0.872. The molecule has 1 aromatic rings. The van der Waals surface area contributed by atoms with Crippen LogP contribution in [0.2, 0.25) is 5.02 Å². The van der Waals surface area contributed by atoms with Gasteiger partial charge in [-0.05, 0) is 23.6 Å². The standard InChI is InChI=1S/C15H23ClN2O2/c1-11(10-18-7-5-17-6-8-18)15(19)13-4-3-12(20-2)9-14(13)16/h3-4,9,11,15,17,19H,5-8,10H2,1-2H3. The van der Waals surface area contributed by atoms with E-state index in [1.165, 1.54) is 0 Å². The summed E-state index contributed by atoms with van der Waals surface area (Å²) >= 11 is 6.23. The highest BCUT2D eigenvalue weighted by Gasteiger charge is 2.22. The van der Waals surface area contributed by atoms with Crippen molar-refractivity contribution in [3.63, 3.8) is 0 Å². The first kappa shape index (κ1) is 15.6. The Kier molecular flexibility index (Phi) is 5.66. The van der Waals surface area contributed by atoms with E-state index in [2.05, 4.69) is 17.1 Å². The summed E-state index contributed by atoms with van der Waals surface area (Å²) < 4.78 is 5.13. The number of aliphatic hydroxyl groups is 1. The minimum Gasteiger partial charge on any atom is -0.497 e. The molecule has 5 heteroatoms. The molecule has 0 bridgehead atoms. The predicted octanol–water partition coefficient (Wildman–Crippen LogP) is 1.92. The highest BCUT2D eigenvalue weighted by atomic mass is 35.5. The Labute approximate surface area is 125 Å². The van der Waals surface area contributed by atoms with Gasteiger partial charge in [0.1, 0.15) is 5.75 Å². The molecule has 2 unspecified atom stereocenters. The van der Waals surface area contributed by atoms with Gasteiger partial charge in [0.05, 0.1) is 18.2 Å². The van der Waals surface area contributed by atoms with Crippen LogP contribution in [0.1, 0.15) is 18.6 Å². The van der Waals surface area contributed by atoms with E-state index in [0.29, 0.717) is 10.8 Å². The number of piperazine rings is 1. The monoisotopic (exact) mass is 298 g/mol. The van der Waals surface area contributed by atoms with Gasteiger partial charge in [-0.2, -0.15) is 0 Å². The number of hydrogen-bond acceptors (Lipinski definition) is 4. The number of methoxy groups -OCH3 is 1. The van der Waals surface area contributed by atoms with Gasteiger partial charge >= 0.3 is 0 Å². The van der Waals surface area contributed by atoms with Crippen LogP contribution in [0.15, 0.2) is 18.2 Å². The van der Waals surface area contributed by atoms with Gasteiger partial charge in [-0.1, -0.05) is 24.6 Å². The van der Waals surface area contributed by atoms with E-state index in [9.17, 15) is 5.11 Å². The third-order valence-corrected chi connectivity index (χ3v) is 4.15. The molecule has 1 fully saturated rings. The van der Waals surface area contributed by atoms with Crippen molar-refractivity contribution in [2.75, 3.05) is 39.8 Å². The molecule has 0 amide bonds. The Hall–Kier alpha value is -0.810. The zero-order valence-electron chi connectivity index (χ0n) is 12.1. The van der Waals surface area contributed by atoms with Crippen molar-refractivity contribution >= 4 is 11.6 Å². The maximum Gasteiger partial charge on any atom is 0.120 e. The number of ether oxygens (including phenoxy) is 1. The zero-order chi connectivity index (χ0) is 14.5. The fourth-order valence-electron chi connectivity index (χ4n) is 2.58. The Morgan fingerprint density at radius 3 is 2.70 bits per heavy atom. The number of benzene rings is 1. The molecule has 2 rings (SSSR count). The van der Waals surface area contributed by atoms with Gasteiger partial charge in [0.2, 0.25) is 0 Å². The van der Waals surface area contributed by atoms with Crippen molar-refractivity contribution in [2.24, 2.45) is 5.92 Å². The molecule has 0 aromatic heterocycles. The fraction of sp³-hybridized carbons (Fsp3) is 0.600. The highest BCUT2D eigenvalue weighted by Crippen LogP contribution is 2.31. The van der Waals surface area contributed by atoms with Crippen LogP contribution in [0.25, 0.3) is 0 Å². The van der Waals surface area contributed by atoms with E-state index < -0.39 is 6.10 Å². The lowest BCUT2D eigenvalue weighted by molar-refractivity contribution is 0.0842. The van der Waals surface area contributed by atoms with E-state index in [1.54, 1.807) is 13.2 Å². The van der Waals surface area contributed by atoms with E-state index in [4.69, 9.17) is 16.3 Å². The maximum absolute atomic E-state index is 10.5. The topological polar surface area (TPSA) is 44.7 Å². The number of halogens is 1. The minimum absolute atomic E-state index is 0.138. The normalized spacial score (nSPS) is 19.6. The van der Waals surface area contributed by atoms with Crippen LogP contribution in [0.4, 0.5) is 0 Å². The Balaban J connectivity index is 2.00. The molecule has 112 valence electrons. The number of hydrogen-bond donors (Lipinski definition) is 2. The van der Waals surface area contributed by atoms with Crippen molar-refractivity contribution in [1.82, 2.24) is 10.2 Å². The third kappa shape index (κ3) is 3.85. The lowest BCUT2D eigenvalue weighted by atomic mass is 9.96. The maximum atomic E-state index is 10.5. The number of aliphatic hydroxyl groups excluding tert-OH is 1. The van der Waals surface area contributed by atoms with Crippen LogP contribution in [0.3, 0.4) is 0 Å². The van der Waals surface area contributed by atoms with Crippen molar-refractivity contribution in [3.05, 3.63) is 28.8 Å². The number of nitrogens with zero attached hydrogens (tertiary/aromatic N) is 1. The fourth-order valence-corrected chi connectivity index (χ4v) is 2.86. The second kappa shape index (κ2) is 7.27. The third-order valence-electron chi connectivity index (χ3n) is 3.82. The first-order valence-electron chi connectivity index (χ1n) is 7.06. The van der Waals surface area contributed by atoms with Crippen LogP contribution in [0, 0.1) is 5.92 Å². The summed E-state index contributed by atoms with van der Waals surface area (Å²) in [5.41, 5.74) is 0.773. The zero-order valence-corrected chi connectivity index (χ0v) is 12.9. The van der Waals surface area contributed by atoms with Gasteiger partial charge in [0, 0.05) is 32.7 Å². The van der Waals surface area contributed by atoms with Gasteiger partial charge < -0.3 is 20.1 Å². The molecule has 2 atom stereocenters. The van der Waals surface area contributed by atoms with Gasteiger partial charge in [-0.3, -0.25) is 0 Å². The first-order chi connectivity index (χ1) is 9.61. The van der Waals surface area contributed by atoms with Gasteiger partial charge in [-0.15, -0.1) is 0 Å². The van der Waals surface area contributed by atoms with E-state index in [-0.39, 0.29) is 5.92 Å². The lowest BCUT2D eigenvalue weighted by Gasteiger charge is -2.31. The molecule has 0 saturated carbocycles. The van der Waals surface area contributed by atoms with Crippen molar-refractivity contribution < 1.29 is 9.84 Å². The van der Waals surface area contributed by atoms with Gasteiger partial charge in [0.15, 0.2) is 0 Å². The molecular weight excluding hydrogens is 276 g/mol. The SMILES string of the molecule is COc1ccc(C(O)C(C)CN2CCNCC2)c(Cl)c1. The van der Waals surface area contributed by atoms with Crippen LogP contribution in [-0.4, -0.2) is 49.8 Å². The highest BCUT2D eigenvalue weighted by molar-refractivity contribution is 6.31. The number of rotatable bonds is 5. The molecule has 2 N–H and O–H groups in total. The smallest absolute Gasteiger partial charge is 0.120 e. The second-order valence-electron chi connectivity index (χ2n) is 5.36. The average Bonchev–Trinajstić information content (AvgIpc) is 2.47. The lowest BCUT2D eigenvalue weighted by Crippen LogP contribution is -2.45. The molecule has 1 saturated heterocycles. The van der Waals surface area contributed by atoms with Crippen molar-refractivity contribution in [2.45, 2.75) is 13.0 Å². The largest absolute Gasteiger partial charge is 0.497 e. The molecule has 0 radical (unpaired) electrons. The van der Waals surface area contributed by atoms with Crippen LogP contribution >= 0.6 is 11.6 Å². The van der Waals surface area contributed by atoms with Crippen LogP contribution in [-0.2, 0) is 0 Å². The molecule has 1 aliphatic heterocycles. The summed E-state index contributed by atoms with van der Waals surface area (Å²) in [5.74, 6) is 0.847. The summed E-state index contributed by atoms with van der Waals surface area (Å²) in [7, 11) is 1.61. The van der Waals surface area contributed by atoms with Gasteiger partial charge in [0.25, 0.3) is 0 Å². The molecule has 4 nitrogen and oxygen atoms in total. The second-order valence-corrected chi connectivity index (χ2v) is 5.77. The van der Waals surface area contributed by atoms with E-state index in [0.717, 1.165) is 38.3 Å². The molecule has 20 heavy (non-hydrogen) atoms. The molecule has 1 aromatic carbocycles. The molecule has 0 aliphatic carbocycles. The molecule has 1 aliphatic rings. The molecule has 0 spiro atoms. The Morgan fingerprint density at radius 1 is 1.40 bits per heavy atom. The average molecular weight is 299 g/mol. The predicted molar refractivity (Wildman–Crippen MR) is 81.4 cm³/mol. The first-order valence-corrected chi connectivity index (χ1v) is 7.44. The molecule has 1 heterocycles. The van der Waals surface area contributed by atoms with Crippen molar-refractivity contribution in [1.29, 1.82) is 0 Å². The summed E-state index contributed by atoms with van der Waals surface area (Å²) in [4.78, 5) is 2.38. The van der Waals surface area contributed by atoms with Crippen LogP contribution < -0.4 is 10.1 Å². The summed E-state index contributed by atoms with van der Waals surface area (Å²) in [6.07, 6.45) is -0.553. The summed E-state index contributed by atoms with van der Waals surface area (Å²) in [6, 6.07) is 5.43. The molecular formula is C15H23ClN2O2. The minimum atomic E-state index is -0.553. The summed E-state index contributed by atoms with van der Waals surface area (Å²) in [6.45, 7) is 7.05. The Bertz CT molecular complexity index is 436. The van der Waals surface area contributed by atoms with Gasteiger partial charge in [-0.25, -0.2) is 0 Å². The van der Waals surface area contributed by atoms with Crippen LogP contribution in [0.5, 0.6) is 5.75 Å². The van der Waals surface area contributed by atoms with E-state index in [1.807, 2.05) is 12.1 Å².